The van der Waals surface area contributed by atoms with Crippen LogP contribution in [0, 0.1) is 22.7 Å². The predicted octanol–water partition coefficient (Wildman–Crippen LogP) is 4.82. The molecule has 2 fully saturated rings. The fraction of sp³-hybridized carbons (Fsp3) is 0.692. The number of aryl methyl sites for hydroxylation is 1. The van der Waals surface area contributed by atoms with Crippen molar-refractivity contribution in [2.45, 2.75) is 78.3 Å². The lowest BCUT2D eigenvalue weighted by molar-refractivity contribution is -0.168. The van der Waals surface area contributed by atoms with Crippen molar-refractivity contribution in [2.75, 3.05) is 14.2 Å². The molecule has 0 amide bonds. The van der Waals surface area contributed by atoms with E-state index in [1.165, 1.54) is 19.8 Å². The SMILES string of the molecule is C=C1CC[C@H]2[C@](C)(CCC[C@]2(C)C(=O)OC)[C@@H]1CCc1ccoc1CN[C@@H](C)C(=O)OC. The number of nitrogens with one attached hydrogen (secondary N) is 1. The van der Waals surface area contributed by atoms with Gasteiger partial charge in [0.05, 0.1) is 32.4 Å². The van der Waals surface area contributed by atoms with E-state index >= 15 is 0 Å². The van der Waals surface area contributed by atoms with E-state index in [0.717, 1.165) is 56.3 Å². The molecule has 6 heteroatoms. The lowest BCUT2D eigenvalue weighted by atomic mass is 9.46. The van der Waals surface area contributed by atoms with Crippen molar-refractivity contribution in [3.05, 3.63) is 35.8 Å². The van der Waals surface area contributed by atoms with Crippen LogP contribution in [-0.4, -0.2) is 32.2 Å². The number of rotatable bonds is 8. The van der Waals surface area contributed by atoms with Crippen LogP contribution in [0.4, 0.5) is 0 Å². The molecule has 32 heavy (non-hydrogen) atoms. The number of carbonyl (C=O) groups is 2. The average Bonchev–Trinajstić information content (AvgIpc) is 3.22. The van der Waals surface area contributed by atoms with Crippen molar-refractivity contribution in [1.82, 2.24) is 5.32 Å². The van der Waals surface area contributed by atoms with E-state index in [0.29, 0.717) is 18.4 Å². The number of esters is 2. The minimum atomic E-state index is -0.421. The van der Waals surface area contributed by atoms with Gasteiger partial charge in [-0.05, 0) is 81.3 Å². The van der Waals surface area contributed by atoms with Crippen LogP contribution in [-0.2, 0) is 32.0 Å². The topological polar surface area (TPSA) is 77.8 Å². The molecule has 5 atom stereocenters. The van der Waals surface area contributed by atoms with Crippen molar-refractivity contribution in [3.8, 4) is 0 Å². The second-order valence-corrected chi connectivity index (χ2v) is 10.1. The Labute approximate surface area is 192 Å². The van der Waals surface area contributed by atoms with Gasteiger partial charge in [-0.3, -0.25) is 14.9 Å². The number of allylic oxidation sites excluding steroid dienone is 1. The molecule has 0 bridgehead atoms. The Kier molecular flexibility index (Phi) is 7.53. The molecule has 0 aromatic carbocycles. The van der Waals surface area contributed by atoms with Gasteiger partial charge in [0, 0.05) is 0 Å². The van der Waals surface area contributed by atoms with E-state index in [4.69, 9.17) is 13.9 Å². The monoisotopic (exact) mass is 445 g/mol. The molecular weight excluding hydrogens is 406 g/mol. The summed E-state index contributed by atoms with van der Waals surface area (Å²) >= 11 is 0. The zero-order valence-electron chi connectivity index (χ0n) is 20.3. The molecule has 2 aliphatic carbocycles. The zero-order chi connectivity index (χ0) is 23.5. The molecule has 0 unspecified atom stereocenters. The van der Waals surface area contributed by atoms with Gasteiger partial charge < -0.3 is 13.9 Å². The zero-order valence-corrected chi connectivity index (χ0v) is 20.3. The molecule has 1 heterocycles. The maximum atomic E-state index is 12.8. The first kappa shape index (κ1) is 24.6. The van der Waals surface area contributed by atoms with Crippen LogP contribution in [0.5, 0.6) is 0 Å². The summed E-state index contributed by atoms with van der Waals surface area (Å²) in [6.45, 7) is 11.2. The van der Waals surface area contributed by atoms with Crippen LogP contribution >= 0.6 is 0 Å². The van der Waals surface area contributed by atoms with Crippen molar-refractivity contribution in [3.63, 3.8) is 0 Å². The first-order chi connectivity index (χ1) is 15.2. The van der Waals surface area contributed by atoms with Crippen molar-refractivity contribution in [1.29, 1.82) is 0 Å². The highest BCUT2D eigenvalue weighted by Gasteiger charge is 2.57. The first-order valence-corrected chi connectivity index (χ1v) is 11.8. The Morgan fingerprint density at radius 1 is 1.28 bits per heavy atom. The number of hydrogen-bond donors (Lipinski definition) is 1. The number of ether oxygens (including phenoxy) is 2. The third-order valence-electron chi connectivity index (χ3n) is 8.33. The Balaban J connectivity index is 1.72. The van der Waals surface area contributed by atoms with Crippen LogP contribution in [0.15, 0.2) is 28.9 Å². The standard InChI is InChI=1S/C26H39NO5/c1-17-8-11-22-25(3,13-7-14-26(22,4)24(29)31-6)20(17)10-9-19-12-15-32-21(19)16-27-18(2)23(28)30-5/h12,15,18,20,22,27H,1,7-11,13-14,16H2,2-6H3/t18-,20+,22-,25+,26-/m0/s1. The van der Waals surface area contributed by atoms with E-state index < -0.39 is 11.5 Å². The lowest BCUT2D eigenvalue weighted by Gasteiger charge is -2.57. The fourth-order valence-corrected chi connectivity index (χ4v) is 6.51. The van der Waals surface area contributed by atoms with E-state index in [9.17, 15) is 9.59 Å². The maximum absolute atomic E-state index is 12.8. The molecule has 0 saturated heterocycles. The van der Waals surface area contributed by atoms with Crippen molar-refractivity contribution < 1.29 is 23.5 Å². The van der Waals surface area contributed by atoms with E-state index in [-0.39, 0.29) is 17.4 Å². The lowest BCUT2D eigenvalue weighted by Crippen LogP contribution is -2.53. The van der Waals surface area contributed by atoms with Gasteiger partial charge in [0.2, 0.25) is 0 Å². The third kappa shape index (κ3) is 4.52. The Hall–Kier alpha value is -2.08. The van der Waals surface area contributed by atoms with E-state index in [2.05, 4.69) is 25.7 Å². The van der Waals surface area contributed by atoms with Gasteiger partial charge in [0.1, 0.15) is 11.8 Å². The van der Waals surface area contributed by atoms with Gasteiger partial charge >= 0.3 is 11.9 Å². The number of methoxy groups -OCH3 is 2. The summed E-state index contributed by atoms with van der Waals surface area (Å²) < 4.78 is 15.7. The predicted molar refractivity (Wildman–Crippen MR) is 123 cm³/mol. The van der Waals surface area contributed by atoms with Crippen LogP contribution in [0.2, 0.25) is 0 Å². The molecule has 6 nitrogen and oxygen atoms in total. The van der Waals surface area contributed by atoms with Crippen molar-refractivity contribution in [2.24, 2.45) is 22.7 Å². The summed E-state index contributed by atoms with van der Waals surface area (Å²) in [5.74, 6) is 1.16. The van der Waals surface area contributed by atoms with Gasteiger partial charge in [-0.1, -0.05) is 25.5 Å². The minimum absolute atomic E-state index is 0.0398. The third-order valence-corrected chi connectivity index (χ3v) is 8.33. The Morgan fingerprint density at radius 3 is 2.72 bits per heavy atom. The molecule has 1 N–H and O–H groups in total. The normalized spacial score (nSPS) is 31.0. The molecule has 0 radical (unpaired) electrons. The molecule has 0 aliphatic heterocycles. The first-order valence-electron chi connectivity index (χ1n) is 11.8. The highest BCUT2D eigenvalue weighted by molar-refractivity contribution is 5.77. The molecule has 178 valence electrons. The van der Waals surface area contributed by atoms with Gasteiger partial charge in [-0.15, -0.1) is 0 Å². The smallest absolute Gasteiger partial charge is 0.322 e. The van der Waals surface area contributed by atoms with Gasteiger partial charge in [0.15, 0.2) is 0 Å². The Morgan fingerprint density at radius 2 is 2.03 bits per heavy atom. The number of furan rings is 1. The van der Waals surface area contributed by atoms with Gasteiger partial charge in [-0.25, -0.2) is 0 Å². The molecular formula is C26H39NO5. The summed E-state index contributed by atoms with van der Waals surface area (Å²) in [6.07, 6.45) is 8.58. The maximum Gasteiger partial charge on any atom is 0.322 e. The second-order valence-electron chi connectivity index (χ2n) is 10.1. The van der Waals surface area contributed by atoms with Crippen LogP contribution < -0.4 is 5.32 Å². The minimum Gasteiger partial charge on any atom is -0.469 e. The van der Waals surface area contributed by atoms with Crippen LogP contribution in [0.25, 0.3) is 0 Å². The summed E-state index contributed by atoms with van der Waals surface area (Å²) in [7, 11) is 2.90. The summed E-state index contributed by atoms with van der Waals surface area (Å²) in [5.41, 5.74) is 2.08. The average molecular weight is 446 g/mol. The molecule has 1 aromatic rings. The summed E-state index contributed by atoms with van der Waals surface area (Å²) in [4.78, 5) is 24.4. The molecule has 0 spiro atoms. The van der Waals surface area contributed by atoms with Gasteiger partial charge in [0.25, 0.3) is 0 Å². The van der Waals surface area contributed by atoms with Crippen LogP contribution in [0.1, 0.15) is 70.6 Å². The fourth-order valence-electron chi connectivity index (χ4n) is 6.51. The second kappa shape index (κ2) is 9.82. The van der Waals surface area contributed by atoms with Crippen molar-refractivity contribution >= 4 is 11.9 Å². The largest absolute Gasteiger partial charge is 0.469 e. The van der Waals surface area contributed by atoms with Gasteiger partial charge in [-0.2, -0.15) is 0 Å². The van der Waals surface area contributed by atoms with E-state index in [1.807, 2.05) is 6.07 Å². The summed E-state index contributed by atoms with van der Waals surface area (Å²) in [5, 5.41) is 3.17. The number of carbonyl (C=O) groups excluding carboxylic acids is 2. The molecule has 1 aromatic heterocycles. The quantitative estimate of drug-likeness (QED) is 0.457. The summed E-state index contributed by atoms with van der Waals surface area (Å²) in [6, 6.07) is 1.62. The Bertz CT molecular complexity index is 845. The number of hydrogen-bond acceptors (Lipinski definition) is 6. The van der Waals surface area contributed by atoms with E-state index in [1.54, 1.807) is 13.2 Å². The molecule has 3 rings (SSSR count). The van der Waals surface area contributed by atoms with Crippen LogP contribution in [0.3, 0.4) is 0 Å². The molecule has 2 aliphatic rings. The number of fused-ring (bicyclic) bond motifs is 1. The highest BCUT2D eigenvalue weighted by atomic mass is 16.5. The molecule has 2 saturated carbocycles. The highest BCUT2D eigenvalue weighted by Crippen LogP contribution is 2.62.